The maximum atomic E-state index is 13.7. The Hall–Kier alpha value is -3.27. The summed E-state index contributed by atoms with van der Waals surface area (Å²) in [6, 6.07) is 12.6. The third-order valence-corrected chi connectivity index (χ3v) is 5.31. The lowest BCUT2D eigenvalue weighted by Gasteiger charge is -2.16. The van der Waals surface area contributed by atoms with E-state index in [-0.39, 0.29) is 11.5 Å². The lowest BCUT2D eigenvalue weighted by Crippen LogP contribution is -2.09. The number of alkyl halides is 3. The van der Waals surface area contributed by atoms with E-state index in [9.17, 15) is 26.3 Å². The van der Waals surface area contributed by atoms with Gasteiger partial charge in [0.15, 0.2) is 17.5 Å². The van der Waals surface area contributed by atoms with Crippen molar-refractivity contribution in [3.63, 3.8) is 0 Å². The highest BCUT2D eigenvalue weighted by molar-refractivity contribution is 7.80. The van der Waals surface area contributed by atoms with Crippen LogP contribution in [0.3, 0.4) is 0 Å². The summed E-state index contributed by atoms with van der Waals surface area (Å²) in [4.78, 5) is 0. The van der Waals surface area contributed by atoms with Crippen LogP contribution in [0.15, 0.2) is 60.7 Å². The van der Waals surface area contributed by atoms with Crippen molar-refractivity contribution in [2.45, 2.75) is 11.4 Å². The summed E-state index contributed by atoms with van der Waals surface area (Å²) >= 11 is 4.48. The molecule has 3 nitrogen and oxygen atoms in total. The first-order chi connectivity index (χ1) is 15.1. The van der Waals surface area contributed by atoms with Gasteiger partial charge in [-0.15, -0.1) is 5.10 Å². The molecule has 0 spiro atoms. The molecule has 10 heteroatoms. The normalized spacial score (nSPS) is 12.7. The van der Waals surface area contributed by atoms with Crippen LogP contribution in [-0.2, 0) is 6.18 Å². The number of thiol groups is 1. The number of anilines is 2. The average molecular weight is 465 g/mol. The SMILES string of the molecule is Fc1ccc(C(S)c2nnc(Nc3ccc(F)c(C(F)(F)F)c3)c3ccccc23)cc1F. The molecule has 1 N–H and O–H groups in total. The van der Waals surface area contributed by atoms with E-state index >= 15 is 0 Å². The summed E-state index contributed by atoms with van der Waals surface area (Å²) in [7, 11) is 0. The van der Waals surface area contributed by atoms with Crippen LogP contribution in [0.4, 0.5) is 37.8 Å². The van der Waals surface area contributed by atoms with Gasteiger partial charge in [0.05, 0.1) is 16.5 Å². The maximum Gasteiger partial charge on any atom is 0.419 e. The number of benzene rings is 3. The summed E-state index contributed by atoms with van der Waals surface area (Å²) < 4.78 is 79.6. The summed E-state index contributed by atoms with van der Waals surface area (Å²) in [5, 5.41) is 11.2. The molecule has 0 aliphatic heterocycles. The molecule has 1 heterocycles. The van der Waals surface area contributed by atoms with Crippen molar-refractivity contribution in [2.75, 3.05) is 5.32 Å². The molecule has 1 atom stereocenters. The minimum absolute atomic E-state index is 0.0334. The van der Waals surface area contributed by atoms with Gasteiger partial charge in [-0.2, -0.15) is 30.9 Å². The van der Waals surface area contributed by atoms with E-state index in [1.165, 1.54) is 6.07 Å². The highest BCUT2D eigenvalue weighted by Gasteiger charge is 2.34. The van der Waals surface area contributed by atoms with Crippen molar-refractivity contribution in [3.8, 4) is 0 Å². The number of hydrogen-bond donors (Lipinski definition) is 2. The zero-order chi connectivity index (χ0) is 23.0. The van der Waals surface area contributed by atoms with Crippen LogP contribution in [0.25, 0.3) is 10.8 Å². The molecule has 0 bridgehead atoms. The van der Waals surface area contributed by atoms with Crippen LogP contribution < -0.4 is 5.32 Å². The number of nitrogens with one attached hydrogen (secondary N) is 1. The van der Waals surface area contributed by atoms with Crippen molar-refractivity contribution in [2.24, 2.45) is 0 Å². The van der Waals surface area contributed by atoms with Gasteiger partial charge in [0.25, 0.3) is 0 Å². The molecule has 4 aromatic rings. The second-order valence-electron chi connectivity index (χ2n) is 6.87. The van der Waals surface area contributed by atoms with Crippen LogP contribution in [0.1, 0.15) is 22.1 Å². The van der Waals surface area contributed by atoms with Crippen molar-refractivity contribution in [1.82, 2.24) is 10.2 Å². The van der Waals surface area contributed by atoms with Crippen molar-refractivity contribution in [1.29, 1.82) is 0 Å². The molecular formula is C22H13F6N3S. The van der Waals surface area contributed by atoms with Gasteiger partial charge in [-0.05, 0) is 35.9 Å². The molecule has 3 aromatic carbocycles. The molecule has 0 amide bonds. The fourth-order valence-corrected chi connectivity index (χ4v) is 3.57. The van der Waals surface area contributed by atoms with E-state index in [2.05, 4.69) is 28.1 Å². The number of rotatable bonds is 4. The molecule has 0 radical (unpaired) electrons. The Kier molecular flexibility index (Phi) is 5.72. The fourth-order valence-electron chi connectivity index (χ4n) is 3.22. The second kappa shape index (κ2) is 8.34. The zero-order valence-electron chi connectivity index (χ0n) is 16.0. The first-order valence-corrected chi connectivity index (χ1v) is 9.69. The molecule has 164 valence electrons. The molecular weight excluding hydrogens is 452 g/mol. The van der Waals surface area contributed by atoms with Crippen molar-refractivity contribution in [3.05, 3.63) is 94.9 Å². The van der Waals surface area contributed by atoms with Crippen molar-refractivity contribution < 1.29 is 26.3 Å². The summed E-state index contributed by atoms with van der Waals surface area (Å²) in [5.41, 5.74) is -0.754. The van der Waals surface area contributed by atoms with Crippen LogP contribution in [0, 0.1) is 17.5 Å². The standard InChI is InChI=1S/C22H13F6N3S/c23-16-8-6-12(10-15(16)22(26,27)28)29-21-14-4-2-1-3-13(14)19(30-31-21)20(32)11-5-7-17(24)18(25)9-11/h1-10,20,32H,(H,29,31). The lowest BCUT2D eigenvalue weighted by molar-refractivity contribution is -0.139. The molecule has 0 saturated carbocycles. The van der Waals surface area contributed by atoms with Crippen molar-refractivity contribution >= 4 is 34.9 Å². The number of nitrogens with zero attached hydrogens (tertiary/aromatic N) is 2. The number of aromatic nitrogens is 2. The zero-order valence-corrected chi connectivity index (χ0v) is 16.9. The third-order valence-electron chi connectivity index (χ3n) is 4.77. The van der Waals surface area contributed by atoms with E-state index in [1.54, 1.807) is 24.3 Å². The van der Waals surface area contributed by atoms with Crippen LogP contribution in [-0.4, -0.2) is 10.2 Å². The highest BCUT2D eigenvalue weighted by atomic mass is 32.1. The topological polar surface area (TPSA) is 37.8 Å². The smallest absolute Gasteiger partial charge is 0.338 e. The Bertz CT molecular complexity index is 1310. The van der Waals surface area contributed by atoms with Crippen LogP contribution in [0.5, 0.6) is 0 Å². The van der Waals surface area contributed by atoms with E-state index in [0.717, 1.165) is 18.2 Å². The van der Waals surface area contributed by atoms with Gasteiger partial charge >= 0.3 is 6.18 Å². The molecule has 1 aromatic heterocycles. The minimum atomic E-state index is -4.86. The number of halogens is 6. The number of fused-ring (bicyclic) bond motifs is 1. The molecule has 4 rings (SSSR count). The Labute approximate surface area is 183 Å². The molecule has 1 unspecified atom stereocenters. The van der Waals surface area contributed by atoms with E-state index < -0.39 is 34.4 Å². The summed E-state index contributed by atoms with van der Waals surface area (Å²) in [6.45, 7) is 0. The van der Waals surface area contributed by atoms with Crippen LogP contribution >= 0.6 is 12.6 Å². The van der Waals surface area contributed by atoms with Crippen LogP contribution in [0.2, 0.25) is 0 Å². The molecule has 0 aliphatic rings. The molecule has 0 saturated heterocycles. The van der Waals surface area contributed by atoms with E-state index in [0.29, 0.717) is 34.2 Å². The van der Waals surface area contributed by atoms with Gasteiger partial charge in [0, 0.05) is 16.5 Å². The van der Waals surface area contributed by atoms with E-state index in [1.807, 2.05) is 0 Å². The molecule has 0 aliphatic carbocycles. The average Bonchev–Trinajstić information content (AvgIpc) is 2.76. The summed E-state index contributed by atoms with van der Waals surface area (Å²) in [6.07, 6.45) is -4.86. The quantitative estimate of drug-likeness (QED) is 0.256. The second-order valence-corrected chi connectivity index (χ2v) is 7.39. The predicted octanol–water partition coefficient (Wildman–Crippen LogP) is 6.83. The Morgan fingerprint density at radius 2 is 1.47 bits per heavy atom. The van der Waals surface area contributed by atoms with Gasteiger partial charge < -0.3 is 5.32 Å². The first-order valence-electron chi connectivity index (χ1n) is 9.17. The van der Waals surface area contributed by atoms with E-state index in [4.69, 9.17) is 0 Å². The van der Waals surface area contributed by atoms with Gasteiger partial charge in [-0.3, -0.25) is 0 Å². The fraction of sp³-hybridized carbons (Fsp3) is 0.0909. The van der Waals surface area contributed by atoms with Gasteiger partial charge in [-0.25, -0.2) is 13.2 Å². The molecule has 32 heavy (non-hydrogen) atoms. The molecule has 0 fully saturated rings. The lowest BCUT2D eigenvalue weighted by atomic mass is 10.0. The third kappa shape index (κ3) is 4.22. The van der Waals surface area contributed by atoms with Gasteiger partial charge in [0.2, 0.25) is 0 Å². The largest absolute Gasteiger partial charge is 0.419 e. The minimum Gasteiger partial charge on any atom is -0.338 e. The summed E-state index contributed by atoms with van der Waals surface area (Å²) in [5.74, 6) is -3.29. The predicted molar refractivity (Wildman–Crippen MR) is 111 cm³/mol. The monoisotopic (exact) mass is 465 g/mol. The highest BCUT2D eigenvalue weighted by Crippen LogP contribution is 2.36. The Balaban J connectivity index is 1.75. The number of hydrogen-bond acceptors (Lipinski definition) is 4. The maximum absolute atomic E-state index is 13.7. The first kappa shape index (κ1) is 21.9. The Morgan fingerprint density at radius 1 is 0.781 bits per heavy atom. The van der Waals surface area contributed by atoms with Gasteiger partial charge in [-0.1, -0.05) is 30.3 Å². The Morgan fingerprint density at radius 3 is 2.16 bits per heavy atom. The van der Waals surface area contributed by atoms with Gasteiger partial charge in [0.1, 0.15) is 5.82 Å².